The number of nitrogen functional groups attached to an aromatic ring is 1. The summed E-state index contributed by atoms with van der Waals surface area (Å²) in [6.07, 6.45) is 0. The molecule has 0 unspecified atom stereocenters. The number of rotatable bonds is 4. The molecule has 0 fully saturated rings. The average Bonchev–Trinajstić information content (AvgIpc) is 2.40. The number of nitrogens with two attached hydrogens (primary N) is 2. The fourth-order valence-corrected chi connectivity index (χ4v) is 2.26. The number of nitrogens with one attached hydrogen (secondary N) is 1. The maximum absolute atomic E-state index is 13.6. The van der Waals surface area contributed by atoms with E-state index in [1.807, 2.05) is 0 Å². The van der Waals surface area contributed by atoms with Crippen LogP contribution in [0.25, 0.3) is 0 Å². The zero-order valence-electron chi connectivity index (χ0n) is 11.1. The van der Waals surface area contributed by atoms with E-state index >= 15 is 0 Å². The minimum absolute atomic E-state index is 0.0896. The Bertz CT molecular complexity index is 778. The van der Waals surface area contributed by atoms with Gasteiger partial charge in [-0.2, -0.15) is 0 Å². The van der Waals surface area contributed by atoms with Gasteiger partial charge in [-0.25, -0.2) is 17.9 Å². The number of methoxy groups -OCH3 is 1. The molecule has 0 aliphatic heterocycles. The molecule has 0 spiro atoms. The van der Waals surface area contributed by atoms with E-state index in [1.54, 1.807) is 6.07 Å². The van der Waals surface area contributed by atoms with E-state index < -0.39 is 15.8 Å². The van der Waals surface area contributed by atoms with Gasteiger partial charge >= 0.3 is 0 Å². The van der Waals surface area contributed by atoms with Gasteiger partial charge in [0.05, 0.1) is 23.4 Å². The lowest BCUT2D eigenvalue weighted by Gasteiger charge is -2.11. The molecule has 0 aliphatic carbocycles. The summed E-state index contributed by atoms with van der Waals surface area (Å²) in [4.78, 5) is -0.0896. The Morgan fingerprint density at radius 1 is 1.19 bits per heavy atom. The van der Waals surface area contributed by atoms with Crippen molar-refractivity contribution < 1.29 is 17.5 Å². The first-order valence-electron chi connectivity index (χ1n) is 5.84. The molecule has 0 saturated heterocycles. The SMILES string of the molecule is COc1ccc(Nc2cc(S(N)(=O)=O)ccc2N)cc1F. The van der Waals surface area contributed by atoms with Crippen molar-refractivity contribution in [3.8, 4) is 5.75 Å². The molecule has 5 N–H and O–H groups in total. The van der Waals surface area contributed by atoms with E-state index in [-0.39, 0.29) is 10.6 Å². The predicted octanol–water partition coefficient (Wildman–Crippen LogP) is 1.81. The van der Waals surface area contributed by atoms with Crippen LogP contribution in [0.2, 0.25) is 0 Å². The summed E-state index contributed by atoms with van der Waals surface area (Å²) in [5.41, 5.74) is 6.77. The van der Waals surface area contributed by atoms with E-state index in [1.165, 1.54) is 37.4 Å². The largest absolute Gasteiger partial charge is 0.494 e. The predicted molar refractivity (Wildman–Crippen MR) is 78.5 cm³/mol. The molecule has 6 nitrogen and oxygen atoms in total. The number of hydrogen-bond acceptors (Lipinski definition) is 5. The van der Waals surface area contributed by atoms with Gasteiger partial charge in [-0.05, 0) is 30.3 Å². The summed E-state index contributed by atoms with van der Waals surface area (Å²) in [5.74, 6) is -0.449. The Hall–Kier alpha value is -2.32. The van der Waals surface area contributed by atoms with Crippen molar-refractivity contribution in [2.24, 2.45) is 5.14 Å². The van der Waals surface area contributed by atoms with Gasteiger partial charge in [0, 0.05) is 11.8 Å². The van der Waals surface area contributed by atoms with Crippen LogP contribution in [-0.4, -0.2) is 15.5 Å². The minimum Gasteiger partial charge on any atom is -0.494 e. The zero-order chi connectivity index (χ0) is 15.6. The van der Waals surface area contributed by atoms with Crippen LogP contribution in [0.1, 0.15) is 0 Å². The Morgan fingerprint density at radius 2 is 1.90 bits per heavy atom. The van der Waals surface area contributed by atoms with Gasteiger partial charge in [-0.1, -0.05) is 0 Å². The molecule has 0 atom stereocenters. The molecule has 8 heteroatoms. The molecule has 21 heavy (non-hydrogen) atoms. The number of hydrogen-bond donors (Lipinski definition) is 3. The van der Waals surface area contributed by atoms with Gasteiger partial charge in [0.1, 0.15) is 0 Å². The molecule has 0 saturated carbocycles. The number of ether oxygens (including phenoxy) is 1. The number of sulfonamides is 1. The Morgan fingerprint density at radius 3 is 2.48 bits per heavy atom. The van der Waals surface area contributed by atoms with Gasteiger partial charge < -0.3 is 15.8 Å². The lowest BCUT2D eigenvalue weighted by molar-refractivity contribution is 0.386. The average molecular weight is 311 g/mol. The normalized spacial score (nSPS) is 11.2. The first-order valence-corrected chi connectivity index (χ1v) is 7.39. The van der Waals surface area contributed by atoms with Gasteiger partial charge in [0.2, 0.25) is 10.0 Å². The van der Waals surface area contributed by atoms with E-state index in [4.69, 9.17) is 15.6 Å². The van der Waals surface area contributed by atoms with Crippen LogP contribution >= 0.6 is 0 Å². The number of halogens is 1. The van der Waals surface area contributed by atoms with Gasteiger partial charge in [-0.15, -0.1) is 0 Å². The van der Waals surface area contributed by atoms with E-state index in [9.17, 15) is 12.8 Å². The van der Waals surface area contributed by atoms with Crippen LogP contribution in [0.15, 0.2) is 41.3 Å². The zero-order valence-corrected chi connectivity index (χ0v) is 11.9. The third-order valence-corrected chi connectivity index (χ3v) is 3.70. The molecule has 0 aromatic heterocycles. The third-order valence-electron chi connectivity index (χ3n) is 2.78. The number of anilines is 3. The monoisotopic (exact) mass is 311 g/mol. The van der Waals surface area contributed by atoms with E-state index in [0.717, 1.165) is 0 Å². The molecular formula is C13H14FN3O3S. The second-order valence-electron chi connectivity index (χ2n) is 4.27. The highest BCUT2D eigenvalue weighted by molar-refractivity contribution is 7.89. The highest BCUT2D eigenvalue weighted by atomic mass is 32.2. The van der Waals surface area contributed by atoms with Crippen molar-refractivity contribution >= 4 is 27.1 Å². The summed E-state index contributed by atoms with van der Waals surface area (Å²) in [6, 6.07) is 8.21. The fourth-order valence-electron chi connectivity index (χ4n) is 1.72. The molecule has 0 radical (unpaired) electrons. The van der Waals surface area contributed by atoms with Crippen molar-refractivity contribution in [1.82, 2.24) is 0 Å². The molecule has 0 aliphatic rings. The van der Waals surface area contributed by atoms with Crippen molar-refractivity contribution in [3.63, 3.8) is 0 Å². The Labute approximate surface area is 121 Å². The molecule has 0 heterocycles. The smallest absolute Gasteiger partial charge is 0.238 e. The van der Waals surface area contributed by atoms with Gasteiger partial charge in [-0.3, -0.25) is 0 Å². The quantitative estimate of drug-likeness (QED) is 0.746. The summed E-state index contributed by atoms with van der Waals surface area (Å²) in [7, 11) is -2.48. The molecule has 2 aromatic rings. The molecule has 2 aromatic carbocycles. The minimum atomic E-state index is -3.84. The number of primary sulfonamides is 1. The fraction of sp³-hybridized carbons (Fsp3) is 0.0769. The first kappa shape index (κ1) is 15.1. The van der Waals surface area contributed by atoms with Crippen molar-refractivity contribution in [3.05, 3.63) is 42.2 Å². The first-order chi connectivity index (χ1) is 9.81. The van der Waals surface area contributed by atoms with E-state index in [2.05, 4.69) is 5.32 Å². The topological polar surface area (TPSA) is 107 Å². The maximum atomic E-state index is 13.6. The summed E-state index contributed by atoms with van der Waals surface area (Å²) >= 11 is 0. The van der Waals surface area contributed by atoms with Crippen molar-refractivity contribution in [2.75, 3.05) is 18.2 Å². The van der Waals surface area contributed by atoms with Crippen LogP contribution in [0.4, 0.5) is 21.5 Å². The lowest BCUT2D eigenvalue weighted by atomic mass is 10.2. The van der Waals surface area contributed by atoms with Crippen LogP contribution in [0, 0.1) is 5.82 Å². The molecule has 0 bridgehead atoms. The van der Waals surface area contributed by atoms with Crippen LogP contribution in [0.3, 0.4) is 0 Å². The summed E-state index contributed by atoms with van der Waals surface area (Å²) in [5, 5.41) is 7.89. The van der Waals surface area contributed by atoms with Crippen LogP contribution < -0.4 is 20.9 Å². The second kappa shape index (κ2) is 5.58. The standard InChI is InChI=1S/C13H14FN3O3S/c1-20-13-5-2-8(6-10(13)14)17-12-7-9(21(16,18)19)3-4-11(12)15/h2-7,17H,15H2,1H3,(H2,16,18,19). The third kappa shape index (κ3) is 3.41. The number of benzene rings is 2. The highest BCUT2D eigenvalue weighted by Gasteiger charge is 2.11. The molecular weight excluding hydrogens is 297 g/mol. The van der Waals surface area contributed by atoms with Crippen LogP contribution in [-0.2, 0) is 10.0 Å². The van der Waals surface area contributed by atoms with Crippen molar-refractivity contribution in [2.45, 2.75) is 4.90 Å². The maximum Gasteiger partial charge on any atom is 0.238 e. The van der Waals surface area contributed by atoms with Crippen molar-refractivity contribution in [1.29, 1.82) is 0 Å². The lowest BCUT2D eigenvalue weighted by Crippen LogP contribution is -2.12. The molecule has 2 rings (SSSR count). The molecule has 0 amide bonds. The Kier molecular flexibility index (Phi) is 4.01. The van der Waals surface area contributed by atoms with Gasteiger partial charge in [0.25, 0.3) is 0 Å². The molecule has 112 valence electrons. The van der Waals surface area contributed by atoms with Crippen LogP contribution in [0.5, 0.6) is 5.75 Å². The summed E-state index contributed by atoms with van der Waals surface area (Å²) < 4.78 is 41.1. The van der Waals surface area contributed by atoms with E-state index in [0.29, 0.717) is 17.1 Å². The van der Waals surface area contributed by atoms with Gasteiger partial charge in [0.15, 0.2) is 11.6 Å². The highest BCUT2D eigenvalue weighted by Crippen LogP contribution is 2.28. The Balaban J connectivity index is 2.37. The second-order valence-corrected chi connectivity index (χ2v) is 5.83. The summed E-state index contributed by atoms with van der Waals surface area (Å²) in [6.45, 7) is 0.